The summed E-state index contributed by atoms with van der Waals surface area (Å²) in [5.41, 5.74) is 6.27. The normalized spacial score (nSPS) is 20.3. The van der Waals surface area contributed by atoms with Gasteiger partial charge in [0, 0.05) is 82.2 Å². The van der Waals surface area contributed by atoms with E-state index in [0.717, 1.165) is 86.7 Å². The third kappa shape index (κ3) is 7.91. The molecule has 0 radical (unpaired) electrons. The minimum Gasteiger partial charge on any atom is -0.371 e. The number of methoxy groups -OCH3 is 1. The molecule has 13 heteroatoms. The molecule has 3 saturated heterocycles. The summed E-state index contributed by atoms with van der Waals surface area (Å²) in [5, 5.41) is 12.8. The van der Waals surface area contributed by atoms with E-state index in [0.29, 0.717) is 43.4 Å². The number of hydrogen-bond donors (Lipinski definition) is 3. The quantitative estimate of drug-likeness (QED) is 0.204. The van der Waals surface area contributed by atoms with Crippen molar-refractivity contribution in [3.8, 4) is 0 Å². The second kappa shape index (κ2) is 16.2. The van der Waals surface area contributed by atoms with E-state index in [4.69, 9.17) is 4.74 Å². The van der Waals surface area contributed by atoms with Crippen LogP contribution in [0.1, 0.15) is 76.0 Å². The van der Waals surface area contributed by atoms with Gasteiger partial charge in [-0.2, -0.15) is 5.10 Å². The lowest BCUT2D eigenvalue weighted by atomic mass is 9.87. The van der Waals surface area contributed by atoms with Gasteiger partial charge >= 0.3 is 0 Å². The fourth-order valence-electron chi connectivity index (χ4n) is 8.60. The summed E-state index contributed by atoms with van der Waals surface area (Å²) in [4.78, 5) is 60.2. The number of aromatic amines is 1. The Morgan fingerprint density at radius 2 is 1.60 bits per heavy atom. The third-order valence-corrected chi connectivity index (χ3v) is 11.7. The van der Waals surface area contributed by atoms with Crippen molar-refractivity contribution in [1.29, 1.82) is 0 Å². The summed E-state index contributed by atoms with van der Waals surface area (Å²) in [5.74, 6) is -0.578. The molecule has 4 aliphatic heterocycles. The average molecular weight is 745 g/mol. The van der Waals surface area contributed by atoms with Crippen molar-refractivity contribution in [2.75, 3.05) is 56.6 Å². The van der Waals surface area contributed by atoms with Crippen molar-refractivity contribution < 1.29 is 23.9 Å². The molecular weight excluding hydrogens is 697 g/mol. The first-order chi connectivity index (χ1) is 26.8. The van der Waals surface area contributed by atoms with Crippen LogP contribution in [0.3, 0.4) is 0 Å². The lowest BCUT2D eigenvalue weighted by Gasteiger charge is -2.43. The zero-order chi connectivity index (χ0) is 37.9. The van der Waals surface area contributed by atoms with Crippen LogP contribution in [-0.2, 0) is 38.8 Å². The molecular formula is C42H48N8O5. The highest BCUT2D eigenvalue weighted by Crippen LogP contribution is 2.32. The Morgan fingerprint density at radius 3 is 2.33 bits per heavy atom. The van der Waals surface area contributed by atoms with E-state index in [9.17, 15) is 19.2 Å². The Bertz CT molecular complexity index is 2020. The van der Waals surface area contributed by atoms with Gasteiger partial charge in [0.25, 0.3) is 11.8 Å². The monoisotopic (exact) mass is 744 g/mol. The average Bonchev–Trinajstić information content (AvgIpc) is 3.81. The maximum Gasteiger partial charge on any atom is 0.256 e. The maximum absolute atomic E-state index is 13.3. The highest BCUT2D eigenvalue weighted by Gasteiger charge is 2.34. The molecule has 286 valence electrons. The van der Waals surface area contributed by atoms with Crippen molar-refractivity contribution in [2.45, 2.75) is 63.4 Å². The molecule has 1 unspecified atom stereocenters. The van der Waals surface area contributed by atoms with Crippen LogP contribution in [-0.4, -0.2) is 101 Å². The number of benzene rings is 3. The number of rotatable bonds is 10. The number of nitrogens with zero attached hydrogens (tertiary/aromatic N) is 5. The summed E-state index contributed by atoms with van der Waals surface area (Å²) in [6, 6.07) is 25.9. The number of carbonyl (C=O) groups excluding carboxylic acids is 4. The van der Waals surface area contributed by atoms with E-state index in [1.165, 1.54) is 12.7 Å². The number of H-pyrrole nitrogens is 1. The number of aromatic nitrogens is 2. The van der Waals surface area contributed by atoms with Crippen molar-refractivity contribution in [2.24, 2.45) is 0 Å². The van der Waals surface area contributed by atoms with E-state index in [-0.39, 0.29) is 29.5 Å². The number of hydrogen-bond acceptors (Lipinski definition) is 9. The molecule has 1 aromatic heterocycles. The first-order valence-electron chi connectivity index (χ1n) is 19.3. The maximum atomic E-state index is 13.3. The summed E-state index contributed by atoms with van der Waals surface area (Å²) in [7, 11) is 1.53. The lowest BCUT2D eigenvalue weighted by Crippen LogP contribution is -2.53. The Labute approximate surface area is 321 Å². The minimum absolute atomic E-state index is 0.139. The summed E-state index contributed by atoms with van der Waals surface area (Å²) >= 11 is 0. The van der Waals surface area contributed by atoms with Gasteiger partial charge in [0.2, 0.25) is 11.8 Å². The molecule has 0 aliphatic carbocycles. The highest BCUT2D eigenvalue weighted by atomic mass is 16.5. The molecule has 3 fully saturated rings. The highest BCUT2D eigenvalue weighted by molar-refractivity contribution is 6.04. The van der Waals surface area contributed by atoms with Crippen LogP contribution in [0.15, 0.2) is 78.9 Å². The molecule has 8 rings (SSSR count). The van der Waals surface area contributed by atoms with Gasteiger partial charge < -0.3 is 19.9 Å². The summed E-state index contributed by atoms with van der Waals surface area (Å²) in [6.45, 7) is 7.42. The van der Waals surface area contributed by atoms with Gasteiger partial charge in [0.1, 0.15) is 0 Å². The van der Waals surface area contributed by atoms with Crippen molar-refractivity contribution in [1.82, 2.24) is 30.2 Å². The molecule has 0 saturated carbocycles. The lowest BCUT2D eigenvalue weighted by molar-refractivity contribution is -0.143. The second-order valence-electron chi connectivity index (χ2n) is 15.0. The van der Waals surface area contributed by atoms with E-state index >= 15 is 0 Å². The number of carbonyl (C=O) groups is 4. The van der Waals surface area contributed by atoms with Gasteiger partial charge in [-0.25, -0.2) is 0 Å². The molecule has 4 aliphatic rings. The van der Waals surface area contributed by atoms with Gasteiger partial charge in [0.05, 0.1) is 24.7 Å². The molecule has 3 N–H and O–H groups in total. The van der Waals surface area contributed by atoms with Gasteiger partial charge in [-0.1, -0.05) is 54.6 Å². The van der Waals surface area contributed by atoms with Gasteiger partial charge in [-0.15, -0.1) is 0 Å². The predicted molar refractivity (Wildman–Crippen MR) is 207 cm³/mol. The second-order valence-corrected chi connectivity index (χ2v) is 15.0. The molecule has 2 atom stereocenters. The Kier molecular flexibility index (Phi) is 10.8. The Morgan fingerprint density at radius 1 is 0.873 bits per heavy atom. The Balaban J connectivity index is 0.798. The van der Waals surface area contributed by atoms with Crippen LogP contribution in [0.2, 0.25) is 0 Å². The first-order valence-corrected chi connectivity index (χ1v) is 19.3. The topological polar surface area (TPSA) is 143 Å². The summed E-state index contributed by atoms with van der Waals surface area (Å²) < 4.78 is 5.56. The molecule has 5 heterocycles. The van der Waals surface area contributed by atoms with E-state index in [1.807, 2.05) is 72.8 Å². The largest absolute Gasteiger partial charge is 0.371 e. The number of fused-ring (bicyclic) bond motifs is 1. The van der Waals surface area contributed by atoms with Crippen molar-refractivity contribution in [3.63, 3.8) is 0 Å². The van der Waals surface area contributed by atoms with Gasteiger partial charge in [-0.3, -0.25) is 39.4 Å². The summed E-state index contributed by atoms with van der Waals surface area (Å²) in [6.07, 6.45) is 2.42. The molecule has 13 nitrogen and oxygen atoms in total. The van der Waals surface area contributed by atoms with Gasteiger partial charge in [0.15, 0.2) is 11.9 Å². The number of anilines is 2. The van der Waals surface area contributed by atoms with Gasteiger partial charge in [-0.05, 0) is 60.2 Å². The minimum atomic E-state index is -0.702. The number of nitrogens with one attached hydrogen (secondary N) is 3. The van der Waals surface area contributed by atoms with Crippen LogP contribution < -0.4 is 15.5 Å². The SMILES string of the molecule is CO[C@@H](C(=O)N1Cc2[nH]nc(NC(=O)c3ccc(N4CCC(N5CCN(Cc6ccccc6C6CCC(=O)NC6=O)CC5)CC4)cc3)c2C1)c1ccccc1. The van der Waals surface area contributed by atoms with Crippen LogP contribution >= 0.6 is 0 Å². The number of piperazine rings is 1. The molecule has 4 aromatic rings. The molecule has 3 aromatic carbocycles. The van der Waals surface area contributed by atoms with E-state index < -0.39 is 6.10 Å². The molecule has 55 heavy (non-hydrogen) atoms. The number of amides is 4. The van der Waals surface area contributed by atoms with Crippen LogP contribution in [0, 0.1) is 0 Å². The number of ether oxygens (including phenoxy) is 1. The number of imide groups is 1. The standard InChI is InChI=1S/C42H48N8O5/c1-55-38(28-7-3-2-4-8-28)42(54)50-26-35-36(27-50)45-46-39(35)44-40(52)29-11-13-31(14-12-29)48-19-17-32(18-20-48)49-23-21-47(22-24-49)25-30-9-5-6-10-33(30)34-15-16-37(51)43-41(34)53/h2-14,32,34,38H,15-27H2,1H3,(H,43,51,53)(H2,44,45,46,52)/t34?,38-/m1/s1. The van der Waals surface area contributed by atoms with Crippen LogP contribution in [0.25, 0.3) is 0 Å². The zero-order valence-corrected chi connectivity index (χ0v) is 31.2. The molecule has 0 bridgehead atoms. The van der Waals surface area contributed by atoms with Crippen LogP contribution in [0.4, 0.5) is 11.5 Å². The Hall–Kier alpha value is -5.37. The molecule has 4 amide bonds. The smallest absolute Gasteiger partial charge is 0.256 e. The fraction of sp³-hybridized carbons (Fsp3) is 0.405. The van der Waals surface area contributed by atoms with E-state index in [2.05, 4.69) is 41.6 Å². The van der Waals surface area contributed by atoms with Crippen molar-refractivity contribution in [3.05, 3.63) is 112 Å². The zero-order valence-electron chi connectivity index (χ0n) is 31.2. The predicted octanol–water partition coefficient (Wildman–Crippen LogP) is 4.20. The van der Waals surface area contributed by atoms with Crippen LogP contribution in [0.5, 0.6) is 0 Å². The number of piperidine rings is 2. The van der Waals surface area contributed by atoms with E-state index in [1.54, 1.807) is 4.90 Å². The first kappa shape index (κ1) is 36.6. The fourth-order valence-corrected chi connectivity index (χ4v) is 8.60. The third-order valence-electron chi connectivity index (χ3n) is 11.7. The molecule has 0 spiro atoms. The van der Waals surface area contributed by atoms with Crippen molar-refractivity contribution >= 4 is 35.1 Å².